The van der Waals surface area contributed by atoms with E-state index < -0.39 is 18.7 Å². The zero-order valence-corrected chi connectivity index (χ0v) is 18.0. The van der Waals surface area contributed by atoms with Gasteiger partial charge in [-0.1, -0.05) is 12.1 Å². The van der Waals surface area contributed by atoms with E-state index in [4.69, 9.17) is 4.74 Å². The molecule has 0 saturated carbocycles. The first-order chi connectivity index (χ1) is 12.9. The zero-order chi connectivity index (χ0) is 19.7. The third-order valence-corrected chi connectivity index (χ3v) is 3.88. The quantitative estimate of drug-likeness (QED) is 0.296. The number of ether oxygens (including phenoxy) is 1. The van der Waals surface area contributed by atoms with Crippen molar-refractivity contribution in [1.82, 2.24) is 10.6 Å². The number of guanidine groups is 1. The highest BCUT2D eigenvalue weighted by atomic mass is 127. The number of anilines is 1. The normalized spacial score (nSPS) is 17.0. The highest BCUT2D eigenvalue weighted by Crippen LogP contribution is 2.18. The predicted molar refractivity (Wildman–Crippen MR) is 113 cm³/mol. The third kappa shape index (κ3) is 9.09. The Morgan fingerprint density at radius 3 is 2.75 bits per heavy atom. The fourth-order valence-electron chi connectivity index (χ4n) is 2.59. The second kappa shape index (κ2) is 12.1. The average Bonchev–Trinajstić information content (AvgIpc) is 3.14. The van der Waals surface area contributed by atoms with Crippen molar-refractivity contribution in [3.05, 3.63) is 29.8 Å². The highest BCUT2D eigenvalue weighted by Gasteiger charge is 2.26. The highest BCUT2D eigenvalue weighted by molar-refractivity contribution is 14.0. The molecule has 0 radical (unpaired) electrons. The van der Waals surface area contributed by atoms with Crippen LogP contribution >= 0.6 is 24.0 Å². The molecule has 1 aromatic carbocycles. The number of carbonyl (C=O) groups is 1. The number of hydrogen-bond acceptors (Lipinski definition) is 3. The van der Waals surface area contributed by atoms with Crippen molar-refractivity contribution >= 4 is 41.5 Å². The van der Waals surface area contributed by atoms with Crippen LogP contribution in [0, 0.1) is 0 Å². The molecule has 1 unspecified atom stereocenters. The molecule has 2 rings (SSSR count). The summed E-state index contributed by atoms with van der Waals surface area (Å²) in [4.78, 5) is 16.4. The second-order valence-corrected chi connectivity index (χ2v) is 6.18. The number of hydrogen-bond donors (Lipinski definition) is 3. The number of carbonyl (C=O) groups excluding carboxylic acids is 1. The van der Waals surface area contributed by atoms with Gasteiger partial charge in [-0.05, 0) is 37.5 Å². The van der Waals surface area contributed by atoms with Crippen molar-refractivity contribution in [2.24, 2.45) is 4.99 Å². The molecular weight excluding hydrogens is 488 g/mol. The molecule has 28 heavy (non-hydrogen) atoms. The molecule has 6 nitrogen and oxygen atoms in total. The van der Waals surface area contributed by atoms with E-state index in [9.17, 15) is 18.0 Å². The Bertz CT molecular complexity index is 650. The van der Waals surface area contributed by atoms with Gasteiger partial charge in [0, 0.05) is 25.4 Å². The van der Waals surface area contributed by atoms with Gasteiger partial charge in [-0.3, -0.25) is 4.79 Å². The first-order valence-corrected chi connectivity index (χ1v) is 8.97. The smallest absolute Gasteiger partial charge is 0.368 e. The van der Waals surface area contributed by atoms with Gasteiger partial charge in [0.05, 0.1) is 13.0 Å². The Kier molecular flexibility index (Phi) is 10.6. The molecule has 1 aromatic rings. The summed E-state index contributed by atoms with van der Waals surface area (Å²) < 4.78 is 42.1. The van der Waals surface area contributed by atoms with E-state index >= 15 is 0 Å². The van der Waals surface area contributed by atoms with Crippen LogP contribution in [0.2, 0.25) is 0 Å². The van der Waals surface area contributed by atoms with Gasteiger partial charge in [-0.2, -0.15) is 13.2 Å². The van der Waals surface area contributed by atoms with E-state index in [0.717, 1.165) is 12.0 Å². The van der Waals surface area contributed by atoms with E-state index in [0.29, 0.717) is 31.2 Å². The van der Waals surface area contributed by atoms with Crippen molar-refractivity contribution in [1.29, 1.82) is 0 Å². The van der Waals surface area contributed by atoms with Gasteiger partial charge in [-0.25, -0.2) is 4.99 Å². The van der Waals surface area contributed by atoms with Crippen molar-refractivity contribution < 1.29 is 22.7 Å². The summed E-state index contributed by atoms with van der Waals surface area (Å²) in [5.41, 5.74) is 1.46. The van der Waals surface area contributed by atoms with Crippen LogP contribution in [0.1, 0.15) is 31.7 Å². The van der Waals surface area contributed by atoms with Crippen molar-refractivity contribution in [3.63, 3.8) is 0 Å². The molecule has 0 aromatic heterocycles. The molecule has 1 aliphatic rings. The van der Waals surface area contributed by atoms with E-state index in [1.807, 2.05) is 13.0 Å². The minimum atomic E-state index is -4.21. The molecular formula is C18H26F3IN4O2. The topological polar surface area (TPSA) is 74.8 Å². The van der Waals surface area contributed by atoms with Crippen LogP contribution in [0.15, 0.2) is 29.3 Å². The van der Waals surface area contributed by atoms with Crippen LogP contribution < -0.4 is 16.0 Å². The molecule has 0 aliphatic carbocycles. The Labute approximate surface area is 179 Å². The molecule has 0 spiro atoms. The molecule has 1 aliphatic heterocycles. The number of benzene rings is 1. The number of nitrogens with zero attached hydrogens (tertiary/aromatic N) is 1. The largest absolute Gasteiger partial charge is 0.390 e. The lowest BCUT2D eigenvalue weighted by atomic mass is 10.2. The number of aliphatic imine (C=N–C) groups is 1. The number of halogens is 4. The number of amides is 1. The summed E-state index contributed by atoms with van der Waals surface area (Å²) in [6, 6.07) is 7.19. The van der Waals surface area contributed by atoms with Crippen LogP contribution in [0.3, 0.4) is 0 Å². The average molecular weight is 514 g/mol. The van der Waals surface area contributed by atoms with Gasteiger partial charge in [0.25, 0.3) is 5.91 Å². The molecule has 1 saturated heterocycles. The van der Waals surface area contributed by atoms with Gasteiger partial charge in [-0.15, -0.1) is 24.0 Å². The first kappa shape index (κ1) is 24.5. The van der Waals surface area contributed by atoms with Gasteiger partial charge < -0.3 is 20.7 Å². The van der Waals surface area contributed by atoms with Crippen LogP contribution in [0.4, 0.5) is 18.9 Å². The summed E-state index contributed by atoms with van der Waals surface area (Å²) in [7, 11) is 0. The molecule has 10 heteroatoms. The van der Waals surface area contributed by atoms with Gasteiger partial charge in [0.2, 0.25) is 0 Å². The summed E-state index contributed by atoms with van der Waals surface area (Å²) in [5.74, 6) is 0.144. The fraction of sp³-hybridized carbons (Fsp3) is 0.556. The number of rotatable bonds is 7. The van der Waals surface area contributed by atoms with Gasteiger partial charge in [0.1, 0.15) is 6.10 Å². The molecule has 1 fully saturated rings. The SMILES string of the molecule is CCNC(=NCc1cccc(NC(=O)C2CCCO2)c1)NCCC(F)(F)F.I. The summed E-state index contributed by atoms with van der Waals surface area (Å²) in [6.07, 6.45) is -3.96. The Balaban J connectivity index is 0.00000392. The molecule has 1 amide bonds. The lowest BCUT2D eigenvalue weighted by Crippen LogP contribution is -2.38. The van der Waals surface area contributed by atoms with Crippen LogP contribution in [0.5, 0.6) is 0 Å². The zero-order valence-electron chi connectivity index (χ0n) is 15.6. The van der Waals surface area contributed by atoms with Gasteiger partial charge >= 0.3 is 6.18 Å². The summed E-state index contributed by atoms with van der Waals surface area (Å²) >= 11 is 0. The standard InChI is InChI=1S/C18H25F3N4O2.HI/c1-2-22-17(23-9-8-18(19,20)21)24-12-13-5-3-6-14(11-13)25-16(26)15-7-4-10-27-15;/h3,5-6,11,15H,2,4,7-10,12H2,1H3,(H,25,26)(H2,22,23,24);1H. The van der Waals surface area contributed by atoms with Crippen molar-refractivity contribution in [2.45, 2.75) is 45.0 Å². The Morgan fingerprint density at radius 2 is 2.11 bits per heavy atom. The molecule has 3 N–H and O–H groups in total. The molecule has 0 bridgehead atoms. The van der Waals surface area contributed by atoms with Crippen LogP contribution in [-0.4, -0.2) is 43.8 Å². The van der Waals surface area contributed by atoms with Gasteiger partial charge in [0.15, 0.2) is 5.96 Å². The lowest BCUT2D eigenvalue weighted by Gasteiger charge is -2.13. The number of nitrogens with one attached hydrogen (secondary N) is 3. The van der Waals surface area contributed by atoms with E-state index in [1.54, 1.807) is 18.2 Å². The second-order valence-electron chi connectivity index (χ2n) is 6.18. The maximum Gasteiger partial charge on any atom is 0.390 e. The monoisotopic (exact) mass is 514 g/mol. The molecule has 158 valence electrons. The van der Waals surface area contributed by atoms with Crippen molar-refractivity contribution in [2.75, 3.05) is 25.0 Å². The maximum atomic E-state index is 12.3. The Hall–Kier alpha value is -1.56. The molecule has 1 atom stereocenters. The minimum Gasteiger partial charge on any atom is -0.368 e. The number of alkyl halides is 3. The summed E-state index contributed by atoms with van der Waals surface area (Å²) in [6.45, 7) is 3.00. The fourth-order valence-corrected chi connectivity index (χ4v) is 2.59. The Morgan fingerprint density at radius 1 is 1.32 bits per heavy atom. The van der Waals surface area contributed by atoms with Crippen molar-refractivity contribution in [3.8, 4) is 0 Å². The maximum absolute atomic E-state index is 12.3. The third-order valence-electron chi connectivity index (χ3n) is 3.88. The predicted octanol–water partition coefficient (Wildman–Crippen LogP) is 3.43. The first-order valence-electron chi connectivity index (χ1n) is 8.97. The van der Waals surface area contributed by atoms with E-state index in [-0.39, 0.29) is 43.0 Å². The van der Waals surface area contributed by atoms with E-state index in [1.165, 1.54) is 0 Å². The summed E-state index contributed by atoms with van der Waals surface area (Å²) in [5, 5.41) is 8.39. The van der Waals surface area contributed by atoms with Crippen LogP contribution in [0.25, 0.3) is 0 Å². The molecule has 1 heterocycles. The van der Waals surface area contributed by atoms with E-state index in [2.05, 4.69) is 20.9 Å². The lowest BCUT2D eigenvalue weighted by molar-refractivity contribution is -0.132. The van der Waals surface area contributed by atoms with Crippen LogP contribution in [-0.2, 0) is 16.1 Å². The minimum absolute atomic E-state index is 0.